The second kappa shape index (κ2) is 11.5. The minimum absolute atomic E-state index is 0.144. The van der Waals surface area contributed by atoms with Crippen LogP contribution in [0, 0.1) is 15.9 Å². The predicted octanol–water partition coefficient (Wildman–Crippen LogP) is 5.19. The molecule has 1 unspecified atom stereocenters. The number of aromatic nitrogens is 3. The molecule has 4 aromatic rings. The van der Waals surface area contributed by atoms with Crippen LogP contribution in [0.15, 0.2) is 78.0 Å². The van der Waals surface area contributed by atoms with E-state index in [4.69, 9.17) is 9.47 Å². The van der Waals surface area contributed by atoms with E-state index in [1.165, 1.54) is 0 Å². The number of nitro benzene ring substituents is 1. The molecule has 3 aromatic carbocycles. The Balaban J connectivity index is 1.55. The molecule has 190 valence electrons. The van der Waals surface area contributed by atoms with Gasteiger partial charge in [0.1, 0.15) is 5.82 Å². The van der Waals surface area contributed by atoms with Crippen molar-refractivity contribution in [1.29, 1.82) is 0 Å². The molecule has 12 heteroatoms. The van der Waals surface area contributed by atoms with Gasteiger partial charge in [-0.25, -0.2) is 4.39 Å². The number of thioether (sulfide) groups is 1. The molecule has 1 N–H and O–H groups in total. The van der Waals surface area contributed by atoms with E-state index in [-0.39, 0.29) is 17.1 Å². The molecule has 37 heavy (non-hydrogen) atoms. The first-order valence-electron chi connectivity index (χ1n) is 11.0. The number of anilines is 1. The molecule has 0 radical (unpaired) electrons. The van der Waals surface area contributed by atoms with Gasteiger partial charge in [-0.15, -0.1) is 10.2 Å². The van der Waals surface area contributed by atoms with Gasteiger partial charge < -0.3 is 14.8 Å². The largest absolute Gasteiger partial charge is 0.493 e. The predicted molar refractivity (Wildman–Crippen MR) is 136 cm³/mol. The Morgan fingerprint density at radius 3 is 2.51 bits per heavy atom. The highest BCUT2D eigenvalue weighted by Crippen LogP contribution is 2.32. The molecule has 1 atom stereocenters. The standard InChI is InChI=1S/C25H22FN5O5S/c1-16(36-22-11-7-6-10-21(22)35-2)24-28-29-25(30(24)17-8-4-3-5-9-17)37-15-23(32)27-20-14-18(31(33)34)12-13-19(20)26/h3-14,16H,15H2,1-2H3,(H,27,32). The highest BCUT2D eigenvalue weighted by Gasteiger charge is 2.23. The topological polar surface area (TPSA) is 121 Å². The summed E-state index contributed by atoms with van der Waals surface area (Å²) in [6.45, 7) is 1.82. The van der Waals surface area contributed by atoms with Crippen molar-refractivity contribution in [2.45, 2.75) is 18.2 Å². The number of amides is 1. The number of carbonyl (C=O) groups is 1. The van der Waals surface area contributed by atoms with Gasteiger partial charge in [0.2, 0.25) is 5.91 Å². The second-order valence-electron chi connectivity index (χ2n) is 7.68. The number of nitrogens with zero attached hydrogens (tertiary/aromatic N) is 4. The molecule has 1 amide bonds. The van der Waals surface area contributed by atoms with Crippen molar-refractivity contribution in [2.75, 3.05) is 18.2 Å². The Labute approximate surface area is 215 Å². The van der Waals surface area contributed by atoms with Gasteiger partial charge in [0.05, 0.1) is 23.5 Å². The van der Waals surface area contributed by atoms with E-state index in [1.54, 1.807) is 23.8 Å². The van der Waals surface area contributed by atoms with Crippen molar-refractivity contribution in [3.8, 4) is 17.2 Å². The van der Waals surface area contributed by atoms with Crippen LogP contribution in [0.5, 0.6) is 11.5 Å². The molecule has 0 spiro atoms. The molecule has 0 saturated carbocycles. The molecule has 0 aliphatic rings. The summed E-state index contributed by atoms with van der Waals surface area (Å²) in [7, 11) is 1.55. The van der Waals surface area contributed by atoms with E-state index in [0.717, 1.165) is 35.6 Å². The molecule has 0 aliphatic carbocycles. The summed E-state index contributed by atoms with van der Waals surface area (Å²) in [6, 6.07) is 19.5. The Hall–Kier alpha value is -4.45. The number of para-hydroxylation sites is 3. The molecule has 4 rings (SSSR count). The fourth-order valence-electron chi connectivity index (χ4n) is 3.46. The zero-order chi connectivity index (χ0) is 26.4. The van der Waals surface area contributed by atoms with E-state index < -0.39 is 22.8 Å². The van der Waals surface area contributed by atoms with Crippen LogP contribution >= 0.6 is 11.8 Å². The Bertz CT molecular complexity index is 1420. The van der Waals surface area contributed by atoms with Crippen molar-refractivity contribution in [2.24, 2.45) is 0 Å². The maximum absolute atomic E-state index is 14.1. The van der Waals surface area contributed by atoms with Gasteiger partial charge in [0.15, 0.2) is 28.6 Å². The van der Waals surface area contributed by atoms with Gasteiger partial charge >= 0.3 is 0 Å². The number of halogens is 1. The van der Waals surface area contributed by atoms with Crippen LogP contribution in [-0.4, -0.2) is 38.5 Å². The summed E-state index contributed by atoms with van der Waals surface area (Å²) in [5, 5.41) is 22.3. The molecule has 0 fully saturated rings. The number of hydrogen-bond donors (Lipinski definition) is 1. The molecule has 0 aliphatic heterocycles. The van der Waals surface area contributed by atoms with Gasteiger partial charge in [-0.2, -0.15) is 0 Å². The fourth-order valence-corrected chi connectivity index (χ4v) is 4.22. The monoisotopic (exact) mass is 523 g/mol. The third kappa shape index (κ3) is 6.04. The summed E-state index contributed by atoms with van der Waals surface area (Å²) in [6.07, 6.45) is -0.536. The van der Waals surface area contributed by atoms with Gasteiger partial charge in [0.25, 0.3) is 5.69 Å². The number of nitro groups is 1. The number of rotatable bonds is 10. The summed E-state index contributed by atoms with van der Waals surface area (Å²) in [4.78, 5) is 22.9. The molecule has 10 nitrogen and oxygen atoms in total. The van der Waals surface area contributed by atoms with Crippen LogP contribution in [0.25, 0.3) is 5.69 Å². The first-order valence-corrected chi connectivity index (χ1v) is 12.0. The lowest BCUT2D eigenvalue weighted by atomic mass is 10.2. The van der Waals surface area contributed by atoms with Crippen LogP contribution in [0.3, 0.4) is 0 Å². The molecular formula is C25H22FN5O5S. The van der Waals surface area contributed by atoms with Crippen LogP contribution in [0.2, 0.25) is 0 Å². The molecule has 0 bridgehead atoms. The maximum Gasteiger partial charge on any atom is 0.271 e. The van der Waals surface area contributed by atoms with Gasteiger partial charge in [-0.05, 0) is 37.3 Å². The van der Waals surface area contributed by atoms with Crippen molar-refractivity contribution in [3.05, 3.63) is 94.6 Å². The molecular weight excluding hydrogens is 501 g/mol. The highest BCUT2D eigenvalue weighted by molar-refractivity contribution is 7.99. The lowest BCUT2D eigenvalue weighted by molar-refractivity contribution is -0.384. The number of methoxy groups -OCH3 is 1. The minimum atomic E-state index is -0.777. The summed E-state index contributed by atoms with van der Waals surface area (Å²) >= 11 is 1.08. The minimum Gasteiger partial charge on any atom is -0.493 e. The van der Waals surface area contributed by atoms with Crippen molar-refractivity contribution in [1.82, 2.24) is 14.8 Å². The first kappa shape index (κ1) is 25.6. The first-order chi connectivity index (χ1) is 17.9. The van der Waals surface area contributed by atoms with Crippen molar-refractivity contribution >= 4 is 29.0 Å². The number of non-ortho nitro benzene ring substituents is 1. The molecule has 1 aromatic heterocycles. The maximum atomic E-state index is 14.1. The average molecular weight is 524 g/mol. The quantitative estimate of drug-likeness (QED) is 0.171. The summed E-state index contributed by atoms with van der Waals surface area (Å²) < 4.78 is 27.3. The molecule has 1 heterocycles. The normalized spacial score (nSPS) is 11.5. The third-order valence-corrected chi connectivity index (χ3v) is 6.11. The van der Waals surface area contributed by atoms with Crippen LogP contribution in [-0.2, 0) is 4.79 Å². The van der Waals surface area contributed by atoms with Crippen LogP contribution in [0.4, 0.5) is 15.8 Å². The SMILES string of the molecule is COc1ccccc1OC(C)c1nnc(SCC(=O)Nc2cc([N+](=O)[O-])ccc2F)n1-c1ccccc1. The smallest absolute Gasteiger partial charge is 0.271 e. The number of nitrogens with one attached hydrogen (secondary N) is 1. The number of hydrogen-bond acceptors (Lipinski definition) is 8. The second-order valence-corrected chi connectivity index (χ2v) is 8.62. The fraction of sp³-hybridized carbons (Fsp3) is 0.160. The zero-order valence-electron chi connectivity index (χ0n) is 19.8. The van der Waals surface area contributed by atoms with E-state index in [0.29, 0.717) is 22.5 Å². The number of ether oxygens (including phenoxy) is 2. The van der Waals surface area contributed by atoms with E-state index in [9.17, 15) is 19.3 Å². The lowest BCUT2D eigenvalue weighted by Crippen LogP contribution is -2.16. The summed E-state index contributed by atoms with van der Waals surface area (Å²) in [5.41, 5.74) is 0.149. The Morgan fingerprint density at radius 2 is 1.81 bits per heavy atom. The van der Waals surface area contributed by atoms with Gasteiger partial charge in [0, 0.05) is 17.8 Å². The summed E-state index contributed by atoms with van der Waals surface area (Å²) in [5.74, 6) is 0.111. The Kier molecular flexibility index (Phi) is 7.98. The van der Waals surface area contributed by atoms with Crippen LogP contribution < -0.4 is 14.8 Å². The third-order valence-electron chi connectivity index (χ3n) is 5.18. The van der Waals surface area contributed by atoms with Crippen LogP contribution in [0.1, 0.15) is 18.9 Å². The zero-order valence-corrected chi connectivity index (χ0v) is 20.6. The van der Waals surface area contributed by atoms with E-state index >= 15 is 0 Å². The number of benzene rings is 3. The molecule has 0 saturated heterocycles. The van der Waals surface area contributed by atoms with Crippen molar-refractivity contribution in [3.63, 3.8) is 0 Å². The van der Waals surface area contributed by atoms with E-state index in [2.05, 4.69) is 15.5 Å². The highest BCUT2D eigenvalue weighted by atomic mass is 32.2. The lowest BCUT2D eigenvalue weighted by Gasteiger charge is -2.18. The van der Waals surface area contributed by atoms with E-state index in [1.807, 2.05) is 49.4 Å². The average Bonchev–Trinajstić information content (AvgIpc) is 3.33. The number of carbonyl (C=O) groups excluding carboxylic acids is 1. The van der Waals surface area contributed by atoms with Crippen molar-refractivity contribution < 1.29 is 23.6 Å². The Morgan fingerprint density at radius 1 is 1.11 bits per heavy atom. The van der Waals surface area contributed by atoms with Gasteiger partial charge in [-0.1, -0.05) is 42.1 Å². The van der Waals surface area contributed by atoms with Gasteiger partial charge in [-0.3, -0.25) is 19.5 Å².